The fourth-order valence-electron chi connectivity index (χ4n) is 4.67. The lowest BCUT2D eigenvalue weighted by atomic mass is 9.97. The molecule has 1 saturated heterocycles. The van der Waals surface area contributed by atoms with E-state index in [1.165, 1.54) is 12.1 Å². The van der Waals surface area contributed by atoms with Crippen molar-refractivity contribution >= 4 is 5.91 Å². The highest BCUT2D eigenvalue weighted by atomic mass is 19.4. The molecule has 1 aromatic rings. The number of benzene rings is 1. The zero-order valence-corrected chi connectivity index (χ0v) is 16.5. The number of fused-ring (bicyclic) bond motifs is 1. The van der Waals surface area contributed by atoms with E-state index in [0.29, 0.717) is 36.3 Å². The highest BCUT2D eigenvalue weighted by Crippen LogP contribution is 2.39. The number of carbonyl (C=O) groups excluding carboxylic acids is 1. The van der Waals surface area contributed by atoms with Gasteiger partial charge in [0.05, 0.1) is 11.6 Å². The van der Waals surface area contributed by atoms with Crippen LogP contribution in [0.1, 0.15) is 44.2 Å². The number of nitrogens with one attached hydrogen (secondary N) is 1. The second-order valence-corrected chi connectivity index (χ2v) is 8.74. The minimum atomic E-state index is -4.32. The van der Waals surface area contributed by atoms with Gasteiger partial charge < -0.3 is 11.1 Å². The lowest BCUT2D eigenvalue weighted by molar-refractivity contribution is -0.137. The van der Waals surface area contributed by atoms with Gasteiger partial charge in [0.2, 0.25) is 5.91 Å². The Kier molecular flexibility index (Phi) is 6.34. The second kappa shape index (κ2) is 8.41. The molecule has 1 saturated carbocycles. The van der Waals surface area contributed by atoms with Crippen molar-refractivity contribution < 1.29 is 18.0 Å². The lowest BCUT2D eigenvalue weighted by Crippen LogP contribution is -2.48. The number of nitrogens with two attached hydrogens (primary N) is 1. The van der Waals surface area contributed by atoms with E-state index in [4.69, 9.17) is 5.73 Å². The van der Waals surface area contributed by atoms with Crippen LogP contribution >= 0.6 is 0 Å². The van der Waals surface area contributed by atoms with Crippen LogP contribution in [0.4, 0.5) is 13.2 Å². The van der Waals surface area contributed by atoms with Crippen molar-refractivity contribution in [1.29, 1.82) is 0 Å². The van der Waals surface area contributed by atoms with Gasteiger partial charge in [-0.3, -0.25) is 9.69 Å². The number of nitrogens with zero attached hydrogens (tertiary/aromatic N) is 1. The van der Waals surface area contributed by atoms with E-state index in [9.17, 15) is 18.0 Å². The van der Waals surface area contributed by atoms with Crippen LogP contribution in [0.15, 0.2) is 24.3 Å². The average molecular weight is 397 g/mol. The van der Waals surface area contributed by atoms with Gasteiger partial charge in [0.15, 0.2) is 0 Å². The normalized spacial score (nSPS) is 26.5. The van der Waals surface area contributed by atoms with Gasteiger partial charge in [-0.25, -0.2) is 0 Å². The summed E-state index contributed by atoms with van der Waals surface area (Å²) in [6, 6.07) is 5.18. The van der Waals surface area contributed by atoms with Gasteiger partial charge >= 0.3 is 6.18 Å². The molecule has 28 heavy (non-hydrogen) atoms. The molecular weight excluding hydrogens is 367 g/mol. The lowest BCUT2D eigenvalue weighted by Gasteiger charge is -2.24. The third-order valence-electron chi connectivity index (χ3n) is 5.98. The van der Waals surface area contributed by atoms with Gasteiger partial charge in [0.1, 0.15) is 0 Å². The molecule has 0 bridgehead atoms. The summed E-state index contributed by atoms with van der Waals surface area (Å²) >= 11 is 0. The Morgan fingerprint density at radius 1 is 1.29 bits per heavy atom. The van der Waals surface area contributed by atoms with Gasteiger partial charge in [-0.2, -0.15) is 13.2 Å². The average Bonchev–Trinajstić information content (AvgIpc) is 3.15. The van der Waals surface area contributed by atoms with Crippen molar-refractivity contribution in [2.45, 2.75) is 57.9 Å². The van der Waals surface area contributed by atoms with Crippen LogP contribution in [0.5, 0.6) is 0 Å². The number of likely N-dealkylation sites (tertiary alicyclic amines) is 1. The zero-order chi connectivity index (χ0) is 20.5. The first-order chi connectivity index (χ1) is 13.1. The maximum Gasteiger partial charge on any atom is 0.416 e. The molecule has 1 aliphatic heterocycles. The standard InChI is InChI=1S/C21H30F3N3O/c1-13(2)8-18(25)20(28)26-19-7-6-15-11-27(12-17(15)19)10-14-4-3-5-16(9-14)21(22,23)24/h3-5,9,13,15,17-19H,6-8,10-12,25H2,1-2H3,(H,26,28)/t15-,17+,18+,19+/m0/s1. The molecule has 2 aliphatic rings. The highest BCUT2D eigenvalue weighted by molar-refractivity contribution is 5.81. The van der Waals surface area contributed by atoms with Crippen LogP contribution < -0.4 is 11.1 Å². The molecule has 1 aromatic carbocycles. The number of rotatable bonds is 6. The number of halogens is 3. The Morgan fingerprint density at radius 2 is 2.04 bits per heavy atom. The summed E-state index contributed by atoms with van der Waals surface area (Å²) in [6.45, 7) is 6.25. The molecular formula is C21H30F3N3O. The molecule has 1 heterocycles. The van der Waals surface area contributed by atoms with Crippen LogP contribution in [-0.4, -0.2) is 36.0 Å². The van der Waals surface area contributed by atoms with E-state index in [2.05, 4.69) is 10.2 Å². The van der Waals surface area contributed by atoms with Crippen LogP contribution in [-0.2, 0) is 17.5 Å². The summed E-state index contributed by atoms with van der Waals surface area (Å²) in [5, 5.41) is 3.13. The Morgan fingerprint density at radius 3 is 2.71 bits per heavy atom. The molecule has 3 N–H and O–H groups in total. The van der Waals surface area contributed by atoms with Crippen molar-refractivity contribution in [3.05, 3.63) is 35.4 Å². The van der Waals surface area contributed by atoms with E-state index in [1.807, 2.05) is 13.8 Å². The first-order valence-corrected chi connectivity index (χ1v) is 10.1. The third-order valence-corrected chi connectivity index (χ3v) is 5.98. The van der Waals surface area contributed by atoms with Gasteiger partial charge in [-0.15, -0.1) is 0 Å². The van der Waals surface area contributed by atoms with E-state index in [0.717, 1.165) is 32.0 Å². The third kappa shape index (κ3) is 5.06. The molecule has 3 rings (SSSR count). The summed E-state index contributed by atoms with van der Waals surface area (Å²) in [5.41, 5.74) is 6.07. The highest BCUT2D eigenvalue weighted by Gasteiger charge is 2.43. The Labute approximate surface area is 164 Å². The van der Waals surface area contributed by atoms with Gasteiger partial charge in [0, 0.05) is 25.7 Å². The maximum atomic E-state index is 12.9. The predicted octanol–water partition coefficient (Wildman–Crippen LogP) is 3.41. The molecule has 1 aliphatic carbocycles. The van der Waals surface area contributed by atoms with Crippen molar-refractivity contribution in [3.63, 3.8) is 0 Å². The molecule has 156 valence electrons. The molecule has 2 fully saturated rings. The molecule has 0 spiro atoms. The predicted molar refractivity (Wildman–Crippen MR) is 102 cm³/mol. The largest absolute Gasteiger partial charge is 0.416 e. The van der Waals surface area contributed by atoms with E-state index in [-0.39, 0.29) is 11.9 Å². The topological polar surface area (TPSA) is 58.4 Å². The van der Waals surface area contributed by atoms with Gasteiger partial charge in [-0.05, 0) is 48.6 Å². The van der Waals surface area contributed by atoms with E-state index in [1.54, 1.807) is 6.07 Å². The van der Waals surface area contributed by atoms with E-state index >= 15 is 0 Å². The fraction of sp³-hybridized carbons (Fsp3) is 0.667. The number of amides is 1. The monoisotopic (exact) mass is 397 g/mol. The number of hydrogen-bond donors (Lipinski definition) is 2. The molecule has 0 unspecified atom stereocenters. The van der Waals surface area contributed by atoms with Crippen LogP contribution in [0, 0.1) is 17.8 Å². The fourth-order valence-corrected chi connectivity index (χ4v) is 4.67. The molecule has 7 heteroatoms. The molecule has 0 aromatic heterocycles. The van der Waals surface area contributed by atoms with Crippen molar-refractivity contribution in [2.24, 2.45) is 23.5 Å². The molecule has 4 atom stereocenters. The Balaban J connectivity index is 1.57. The molecule has 4 nitrogen and oxygen atoms in total. The van der Waals surface area contributed by atoms with Crippen LogP contribution in [0.2, 0.25) is 0 Å². The Bertz CT molecular complexity index is 692. The summed E-state index contributed by atoms with van der Waals surface area (Å²) in [4.78, 5) is 14.6. The van der Waals surface area contributed by atoms with Crippen molar-refractivity contribution in [1.82, 2.24) is 10.2 Å². The van der Waals surface area contributed by atoms with Crippen LogP contribution in [0.3, 0.4) is 0 Å². The van der Waals surface area contributed by atoms with Gasteiger partial charge in [-0.1, -0.05) is 32.0 Å². The Hall–Kier alpha value is -1.60. The second-order valence-electron chi connectivity index (χ2n) is 8.74. The van der Waals surface area contributed by atoms with Crippen molar-refractivity contribution in [3.8, 4) is 0 Å². The maximum absolute atomic E-state index is 12.9. The summed E-state index contributed by atoms with van der Waals surface area (Å²) in [7, 11) is 0. The first kappa shape index (κ1) is 21.1. The number of hydrogen-bond acceptors (Lipinski definition) is 3. The smallest absolute Gasteiger partial charge is 0.352 e. The molecule has 1 amide bonds. The van der Waals surface area contributed by atoms with Gasteiger partial charge in [0.25, 0.3) is 0 Å². The summed E-state index contributed by atoms with van der Waals surface area (Å²) < 4.78 is 38.8. The van der Waals surface area contributed by atoms with Crippen molar-refractivity contribution in [2.75, 3.05) is 13.1 Å². The SMILES string of the molecule is CC(C)C[C@@H](N)C(=O)N[C@@H]1CC[C@H]2CN(Cc3cccc(C(F)(F)F)c3)C[C@H]21. The van der Waals surface area contributed by atoms with E-state index < -0.39 is 17.8 Å². The summed E-state index contributed by atoms with van der Waals surface area (Å²) in [6.07, 6.45) is -1.67. The number of alkyl halides is 3. The number of carbonyl (C=O) groups is 1. The van der Waals surface area contributed by atoms with Crippen LogP contribution in [0.25, 0.3) is 0 Å². The summed E-state index contributed by atoms with van der Waals surface area (Å²) in [5.74, 6) is 1.11. The first-order valence-electron chi connectivity index (χ1n) is 10.1. The minimum absolute atomic E-state index is 0.0873. The minimum Gasteiger partial charge on any atom is -0.352 e. The zero-order valence-electron chi connectivity index (χ0n) is 16.5. The quantitative estimate of drug-likeness (QED) is 0.774. The molecule has 0 radical (unpaired) electrons.